The molecule has 0 aliphatic heterocycles. The Hall–Kier alpha value is -2.25. The van der Waals surface area contributed by atoms with Crippen molar-refractivity contribution in [1.82, 2.24) is 9.97 Å². The van der Waals surface area contributed by atoms with E-state index in [4.69, 9.17) is 16.3 Å². The van der Waals surface area contributed by atoms with Gasteiger partial charge in [-0.25, -0.2) is 13.4 Å². The van der Waals surface area contributed by atoms with E-state index in [0.717, 1.165) is 6.42 Å². The fraction of sp³-hybridized carbons (Fsp3) is 0.381. The molecule has 0 radical (unpaired) electrons. The van der Waals surface area contributed by atoms with Crippen molar-refractivity contribution in [3.8, 4) is 5.75 Å². The summed E-state index contributed by atoms with van der Waals surface area (Å²) in [5.41, 5.74) is 0.849. The maximum Gasteiger partial charge on any atom is 0.264 e. The van der Waals surface area contributed by atoms with Crippen LogP contribution < -0.4 is 9.46 Å². The highest BCUT2D eigenvalue weighted by Gasteiger charge is 2.21. The van der Waals surface area contributed by atoms with Crippen molar-refractivity contribution >= 4 is 38.3 Å². The van der Waals surface area contributed by atoms with Gasteiger partial charge in [-0.3, -0.25) is 4.72 Å². The molecular formula is C21H24ClN3O3S. The van der Waals surface area contributed by atoms with Crippen molar-refractivity contribution in [2.75, 3.05) is 11.3 Å². The van der Waals surface area contributed by atoms with Crippen molar-refractivity contribution < 1.29 is 13.2 Å². The molecule has 2 aromatic heterocycles. The van der Waals surface area contributed by atoms with Crippen LogP contribution in [0.3, 0.4) is 0 Å². The molecule has 0 bridgehead atoms. The average molecular weight is 434 g/mol. The zero-order chi connectivity index (χ0) is 20.3. The van der Waals surface area contributed by atoms with E-state index < -0.39 is 10.0 Å². The average Bonchev–Trinajstić information content (AvgIpc) is 3.15. The van der Waals surface area contributed by atoms with Crippen LogP contribution in [0, 0.1) is 5.92 Å². The van der Waals surface area contributed by atoms with Crippen LogP contribution in [0.2, 0.25) is 5.02 Å². The van der Waals surface area contributed by atoms with Gasteiger partial charge in [0.2, 0.25) is 0 Å². The van der Waals surface area contributed by atoms with E-state index in [-0.39, 0.29) is 4.90 Å². The number of aromatic nitrogens is 2. The molecule has 1 aliphatic rings. The maximum atomic E-state index is 13.0. The number of halogens is 1. The molecule has 29 heavy (non-hydrogen) atoms. The van der Waals surface area contributed by atoms with Crippen LogP contribution in [0.1, 0.15) is 38.5 Å². The van der Waals surface area contributed by atoms with Crippen molar-refractivity contribution in [3.63, 3.8) is 0 Å². The molecule has 1 aromatic carbocycles. The number of H-pyrrole nitrogens is 1. The van der Waals surface area contributed by atoms with Crippen molar-refractivity contribution in [3.05, 3.63) is 47.7 Å². The summed E-state index contributed by atoms with van der Waals surface area (Å²) in [7, 11) is -3.84. The largest absolute Gasteiger partial charge is 0.491 e. The number of hydrogen-bond acceptors (Lipinski definition) is 4. The summed E-state index contributed by atoms with van der Waals surface area (Å²) in [4.78, 5) is 7.17. The Morgan fingerprint density at radius 3 is 2.86 bits per heavy atom. The first kappa shape index (κ1) is 20.0. The highest BCUT2D eigenvalue weighted by molar-refractivity contribution is 7.93. The Balaban J connectivity index is 1.52. The molecule has 0 unspecified atom stereocenters. The fourth-order valence-electron chi connectivity index (χ4n) is 3.87. The Labute approximate surface area is 175 Å². The molecule has 8 heteroatoms. The molecule has 0 saturated heterocycles. The Morgan fingerprint density at radius 2 is 2.03 bits per heavy atom. The van der Waals surface area contributed by atoms with Crippen LogP contribution in [0.25, 0.3) is 11.0 Å². The minimum Gasteiger partial charge on any atom is -0.491 e. The van der Waals surface area contributed by atoms with Gasteiger partial charge in [0.05, 0.1) is 12.3 Å². The molecule has 3 aromatic rings. The molecule has 154 valence electrons. The lowest BCUT2D eigenvalue weighted by molar-refractivity contribution is 0.247. The first-order chi connectivity index (χ1) is 14.0. The summed E-state index contributed by atoms with van der Waals surface area (Å²) >= 11 is 6.11. The SMILES string of the molecule is O=S(=O)(Nc1cc(Cl)ccc1OCCC1CCCCC1)c1c[nH]c2ncccc12. The van der Waals surface area contributed by atoms with Crippen LogP contribution in [0.5, 0.6) is 5.75 Å². The molecule has 2 heterocycles. The van der Waals surface area contributed by atoms with Crippen LogP contribution in [0.15, 0.2) is 47.6 Å². The van der Waals surface area contributed by atoms with E-state index in [1.54, 1.807) is 36.5 Å². The number of rotatable bonds is 7. The lowest BCUT2D eigenvalue weighted by Crippen LogP contribution is -2.15. The molecule has 2 N–H and O–H groups in total. The first-order valence-electron chi connectivity index (χ1n) is 9.90. The summed E-state index contributed by atoms with van der Waals surface area (Å²) in [6, 6.07) is 8.40. The second kappa shape index (κ2) is 8.63. The van der Waals surface area contributed by atoms with E-state index >= 15 is 0 Å². The van der Waals surface area contributed by atoms with Crippen molar-refractivity contribution in [2.45, 2.75) is 43.4 Å². The fourth-order valence-corrected chi connectivity index (χ4v) is 5.27. The second-order valence-electron chi connectivity index (χ2n) is 7.44. The monoisotopic (exact) mass is 433 g/mol. The maximum absolute atomic E-state index is 13.0. The number of hydrogen-bond donors (Lipinski definition) is 2. The highest BCUT2D eigenvalue weighted by atomic mass is 35.5. The Morgan fingerprint density at radius 1 is 1.21 bits per heavy atom. The number of benzene rings is 1. The van der Waals surface area contributed by atoms with Crippen LogP contribution in [-0.4, -0.2) is 25.0 Å². The predicted molar refractivity (Wildman–Crippen MR) is 115 cm³/mol. The third-order valence-electron chi connectivity index (χ3n) is 5.40. The van der Waals surface area contributed by atoms with E-state index in [0.29, 0.717) is 40.0 Å². The lowest BCUT2D eigenvalue weighted by atomic mass is 9.87. The van der Waals surface area contributed by atoms with Gasteiger partial charge in [-0.05, 0) is 42.7 Å². The smallest absolute Gasteiger partial charge is 0.264 e. The number of fused-ring (bicyclic) bond motifs is 1. The Bertz CT molecular complexity index is 1090. The zero-order valence-corrected chi connectivity index (χ0v) is 17.6. The minimum atomic E-state index is -3.84. The summed E-state index contributed by atoms with van der Waals surface area (Å²) in [6.07, 6.45) is 10.4. The van der Waals surface area contributed by atoms with Gasteiger partial charge in [0.15, 0.2) is 0 Å². The van der Waals surface area contributed by atoms with Crippen LogP contribution in [-0.2, 0) is 10.0 Å². The summed E-state index contributed by atoms with van der Waals surface area (Å²) in [5, 5.41) is 0.963. The van der Waals surface area contributed by atoms with Gasteiger partial charge in [0, 0.05) is 22.8 Å². The number of anilines is 1. The molecule has 0 amide bonds. The van der Waals surface area contributed by atoms with Gasteiger partial charge in [0.25, 0.3) is 10.0 Å². The van der Waals surface area contributed by atoms with Crippen molar-refractivity contribution in [2.24, 2.45) is 5.92 Å². The molecule has 0 spiro atoms. The summed E-state index contributed by atoms with van der Waals surface area (Å²) in [5.74, 6) is 1.17. The molecule has 1 saturated carbocycles. The number of sulfonamides is 1. The second-order valence-corrected chi connectivity index (χ2v) is 9.53. The highest BCUT2D eigenvalue weighted by Crippen LogP contribution is 2.32. The summed E-state index contributed by atoms with van der Waals surface area (Å²) in [6.45, 7) is 0.554. The molecule has 6 nitrogen and oxygen atoms in total. The molecule has 1 fully saturated rings. The number of pyridine rings is 1. The zero-order valence-electron chi connectivity index (χ0n) is 16.0. The van der Waals surface area contributed by atoms with Gasteiger partial charge in [-0.15, -0.1) is 0 Å². The normalized spacial score (nSPS) is 15.5. The van der Waals surface area contributed by atoms with Crippen LogP contribution >= 0.6 is 11.6 Å². The van der Waals surface area contributed by atoms with Gasteiger partial charge < -0.3 is 9.72 Å². The molecule has 1 aliphatic carbocycles. The van der Waals surface area contributed by atoms with Crippen molar-refractivity contribution in [1.29, 1.82) is 0 Å². The predicted octanol–water partition coefficient (Wildman–Crippen LogP) is 5.37. The molecular weight excluding hydrogens is 410 g/mol. The minimum absolute atomic E-state index is 0.133. The number of nitrogens with zero attached hydrogens (tertiary/aromatic N) is 1. The number of aromatic amines is 1. The van der Waals surface area contributed by atoms with E-state index in [9.17, 15) is 8.42 Å². The van der Waals surface area contributed by atoms with E-state index in [1.165, 1.54) is 38.3 Å². The quantitative estimate of drug-likeness (QED) is 0.524. The van der Waals surface area contributed by atoms with Gasteiger partial charge in [0.1, 0.15) is 16.3 Å². The van der Waals surface area contributed by atoms with E-state index in [2.05, 4.69) is 14.7 Å². The molecule has 4 rings (SSSR count). The summed E-state index contributed by atoms with van der Waals surface area (Å²) < 4.78 is 34.6. The Kier molecular flexibility index (Phi) is 5.96. The number of nitrogens with one attached hydrogen (secondary N) is 2. The topological polar surface area (TPSA) is 84.1 Å². The lowest BCUT2D eigenvalue weighted by Gasteiger charge is -2.22. The van der Waals surface area contributed by atoms with Gasteiger partial charge >= 0.3 is 0 Å². The molecule has 0 atom stereocenters. The van der Waals surface area contributed by atoms with E-state index in [1.807, 2.05) is 0 Å². The standard InChI is InChI=1S/C21H24ClN3O3S/c22-16-8-9-19(28-12-10-15-5-2-1-3-6-15)18(13-16)25-29(26,27)20-14-24-21-17(20)7-4-11-23-21/h4,7-9,11,13-15,25H,1-3,5-6,10,12H2,(H,23,24). The third kappa shape index (κ3) is 4.67. The van der Waals surface area contributed by atoms with Gasteiger partial charge in [-0.2, -0.15) is 0 Å². The number of ether oxygens (including phenoxy) is 1. The van der Waals surface area contributed by atoms with Crippen LogP contribution in [0.4, 0.5) is 5.69 Å². The first-order valence-corrected chi connectivity index (χ1v) is 11.8. The van der Waals surface area contributed by atoms with Gasteiger partial charge in [-0.1, -0.05) is 43.7 Å². The third-order valence-corrected chi connectivity index (χ3v) is 7.04.